The summed E-state index contributed by atoms with van der Waals surface area (Å²) in [6, 6.07) is 1.13. The van der Waals surface area contributed by atoms with Crippen LogP contribution in [0.3, 0.4) is 0 Å². The number of halogens is 4. The molecule has 2 nitrogen and oxygen atoms in total. The lowest BCUT2D eigenvalue weighted by molar-refractivity contribution is -0.138. The maximum absolute atomic E-state index is 12.3. The minimum absolute atomic E-state index is 0.0770. The second kappa shape index (κ2) is 3.45. The van der Waals surface area contributed by atoms with Crippen LogP contribution in [-0.2, 0) is 6.18 Å². The lowest BCUT2D eigenvalue weighted by Crippen LogP contribution is -2.11. The molecule has 6 heteroatoms. The van der Waals surface area contributed by atoms with Gasteiger partial charge in [-0.05, 0) is 6.07 Å². The van der Waals surface area contributed by atoms with E-state index in [1.165, 1.54) is 0 Å². The molecule has 13 heavy (non-hydrogen) atoms. The molecule has 0 spiro atoms. The van der Waals surface area contributed by atoms with E-state index in [0.29, 0.717) is 0 Å². The van der Waals surface area contributed by atoms with Crippen molar-refractivity contribution in [2.75, 3.05) is 0 Å². The first-order valence-electron chi connectivity index (χ1n) is 3.13. The molecule has 0 N–H and O–H groups in total. The summed E-state index contributed by atoms with van der Waals surface area (Å²) in [7, 11) is 0. The SMILES string of the molecule is O=Cc1nccc(Br)c1C(F)(F)F. The second-order valence-electron chi connectivity index (χ2n) is 2.17. The van der Waals surface area contributed by atoms with Gasteiger partial charge in [-0.3, -0.25) is 9.78 Å². The Hall–Kier alpha value is -0.910. The van der Waals surface area contributed by atoms with E-state index in [4.69, 9.17) is 0 Å². The number of pyridine rings is 1. The lowest BCUT2D eigenvalue weighted by atomic mass is 10.2. The average Bonchev–Trinajstić information content (AvgIpc) is 2.01. The van der Waals surface area contributed by atoms with E-state index in [1.807, 2.05) is 0 Å². The standard InChI is InChI=1S/C7H3BrF3NO/c8-4-1-2-12-5(3-13)6(4)7(9,10)11/h1-3H. The van der Waals surface area contributed by atoms with E-state index in [2.05, 4.69) is 20.9 Å². The van der Waals surface area contributed by atoms with Gasteiger partial charge in [0.05, 0.1) is 5.56 Å². The third-order valence-corrected chi connectivity index (χ3v) is 1.99. The highest BCUT2D eigenvalue weighted by molar-refractivity contribution is 9.10. The number of carbonyl (C=O) groups excluding carboxylic acids is 1. The molecule has 0 radical (unpaired) electrons. The van der Waals surface area contributed by atoms with Crippen LogP contribution < -0.4 is 0 Å². The van der Waals surface area contributed by atoms with Crippen molar-refractivity contribution in [3.8, 4) is 0 Å². The zero-order valence-electron chi connectivity index (χ0n) is 6.10. The molecule has 1 rings (SSSR count). The van der Waals surface area contributed by atoms with Gasteiger partial charge in [-0.2, -0.15) is 13.2 Å². The van der Waals surface area contributed by atoms with Crippen molar-refractivity contribution in [2.24, 2.45) is 0 Å². The molecule has 1 heterocycles. The number of rotatable bonds is 1. The molecule has 0 amide bonds. The van der Waals surface area contributed by atoms with Gasteiger partial charge in [0.2, 0.25) is 0 Å². The van der Waals surface area contributed by atoms with Crippen molar-refractivity contribution in [1.29, 1.82) is 0 Å². The van der Waals surface area contributed by atoms with Crippen molar-refractivity contribution < 1.29 is 18.0 Å². The summed E-state index contributed by atoms with van der Waals surface area (Å²) in [5.41, 5.74) is -1.65. The summed E-state index contributed by atoms with van der Waals surface area (Å²) in [4.78, 5) is 13.5. The van der Waals surface area contributed by atoms with Gasteiger partial charge in [0, 0.05) is 10.7 Å². The molecule has 0 aromatic carbocycles. The fourth-order valence-corrected chi connectivity index (χ4v) is 1.37. The number of carbonyl (C=O) groups is 1. The highest BCUT2D eigenvalue weighted by atomic mass is 79.9. The van der Waals surface area contributed by atoms with Crippen molar-refractivity contribution in [3.05, 3.63) is 28.0 Å². The Bertz CT molecular complexity index is 337. The summed E-state index contributed by atoms with van der Waals surface area (Å²) in [5, 5.41) is 0. The molecular formula is C7H3BrF3NO. The predicted octanol–water partition coefficient (Wildman–Crippen LogP) is 2.68. The highest BCUT2D eigenvalue weighted by Crippen LogP contribution is 2.35. The van der Waals surface area contributed by atoms with Crippen molar-refractivity contribution in [1.82, 2.24) is 4.98 Å². The van der Waals surface area contributed by atoms with Crippen LogP contribution in [0, 0.1) is 0 Å². The summed E-state index contributed by atoms with van der Waals surface area (Å²) >= 11 is 2.70. The number of aromatic nitrogens is 1. The van der Waals surface area contributed by atoms with Crippen molar-refractivity contribution >= 4 is 22.2 Å². The van der Waals surface area contributed by atoms with Gasteiger partial charge in [-0.15, -0.1) is 0 Å². The molecular weight excluding hydrogens is 251 g/mol. The van der Waals surface area contributed by atoms with E-state index in [0.717, 1.165) is 12.3 Å². The minimum Gasteiger partial charge on any atom is -0.296 e. The molecule has 0 aliphatic carbocycles. The van der Waals surface area contributed by atoms with E-state index in [9.17, 15) is 18.0 Å². The third-order valence-electron chi connectivity index (χ3n) is 1.32. The van der Waals surface area contributed by atoms with Gasteiger partial charge in [-0.1, -0.05) is 15.9 Å². The Kier molecular flexibility index (Phi) is 2.70. The fraction of sp³-hybridized carbons (Fsp3) is 0.143. The van der Waals surface area contributed by atoms with Crippen LogP contribution in [0.4, 0.5) is 13.2 Å². The topological polar surface area (TPSA) is 30.0 Å². The highest BCUT2D eigenvalue weighted by Gasteiger charge is 2.36. The minimum atomic E-state index is -4.57. The monoisotopic (exact) mass is 253 g/mol. The summed E-state index contributed by atoms with van der Waals surface area (Å²) in [5.74, 6) is 0. The van der Waals surface area contributed by atoms with E-state index in [1.54, 1.807) is 0 Å². The van der Waals surface area contributed by atoms with E-state index in [-0.39, 0.29) is 10.8 Å². The largest absolute Gasteiger partial charge is 0.419 e. The normalized spacial score (nSPS) is 11.4. The first-order chi connectivity index (χ1) is 5.96. The maximum Gasteiger partial charge on any atom is 0.419 e. The molecule has 0 atom stereocenters. The quantitative estimate of drug-likeness (QED) is 0.721. The predicted molar refractivity (Wildman–Crippen MR) is 42.3 cm³/mol. The van der Waals surface area contributed by atoms with Crippen molar-refractivity contribution in [2.45, 2.75) is 6.18 Å². The fourth-order valence-electron chi connectivity index (χ4n) is 0.823. The second-order valence-corrected chi connectivity index (χ2v) is 3.02. The smallest absolute Gasteiger partial charge is 0.296 e. The molecule has 0 fully saturated rings. The molecule has 0 saturated carbocycles. The van der Waals surface area contributed by atoms with Crippen LogP contribution in [0.25, 0.3) is 0 Å². The molecule has 1 aromatic rings. The van der Waals surface area contributed by atoms with Gasteiger partial charge >= 0.3 is 6.18 Å². The Morgan fingerprint density at radius 3 is 2.46 bits per heavy atom. The number of nitrogens with zero attached hydrogens (tertiary/aromatic N) is 1. The van der Waals surface area contributed by atoms with E-state index >= 15 is 0 Å². The Labute approximate surface area is 79.9 Å². The Morgan fingerprint density at radius 2 is 2.08 bits per heavy atom. The molecule has 1 aromatic heterocycles. The average molecular weight is 254 g/mol. The maximum atomic E-state index is 12.3. The molecule has 0 aliphatic heterocycles. The van der Waals surface area contributed by atoms with Crippen molar-refractivity contribution in [3.63, 3.8) is 0 Å². The molecule has 0 unspecified atom stereocenters. The number of aldehydes is 1. The number of hydrogen-bond acceptors (Lipinski definition) is 2. The Balaban J connectivity index is 3.40. The van der Waals surface area contributed by atoms with Crippen LogP contribution >= 0.6 is 15.9 Å². The van der Waals surface area contributed by atoms with Crippen LogP contribution in [0.1, 0.15) is 16.1 Å². The Morgan fingerprint density at radius 1 is 1.46 bits per heavy atom. The summed E-state index contributed by atoms with van der Waals surface area (Å²) < 4.78 is 36.6. The first kappa shape index (κ1) is 10.2. The van der Waals surface area contributed by atoms with Gasteiger partial charge in [0.15, 0.2) is 6.29 Å². The molecule has 0 saturated heterocycles. The van der Waals surface area contributed by atoms with Crippen LogP contribution in [-0.4, -0.2) is 11.3 Å². The lowest BCUT2D eigenvalue weighted by Gasteiger charge is -2.09. The molecule has 70 valence electrons. The van der Waals surface area contributed by atoms with Gasteiger partial charge < -0.3 is 0 Å². The summed E-state index contributed by atoms with van der Waals surface area (Å²) in [6.07, 6.45) is -3.36. The third kappa shape index (κ3) is 2.06. The van der Waals surface area contributed by atoms with E-state index < -0.39 is 17.4 Å². The number of hydrogen-bond donors (Lipinski definition) is 0. The number of alkyl halides is 3. The van der Waals surface area contributed by atoms with Crippen LogP contribution in [0.2, 0.25) is 0 Å². The molecule has 0 bridgehead atoms. The van der Waals surface area contributed by atoms with Gasteiger partial charge in [-0.25, -0.2) is 0 Å². The molecule has 0 aliphatic rings. The summed E-state index contributed by atoms with van der Waals surface area (Å²) in [6.45, 7) is 0. The van der Waals surface area contributed by atoms with Crippen LogP contribution in [0.15, 0.2) is 16.7 Å². The zero-order valence-corrected chi connectivity index (χ0v) is 7.69. The zero-order chi connectivity index (χ0) is 10.1. The van der Waals surface area contributed by atoms with Gasteiger partial charge in [0.25, 0.3) is 0 Å². The van der Waals surface area contributed by atoms with Crippen LogP contribution in [0.5, 0.6) is 0 Å². The van der Waals surface area contributed by atoms with Gasteiger partial charge in [0.1, 0.15) is 5.69 Å². The first-order valence-corrected chi connectivity index (χ1v) is 3.93.